The summed E-state index contributed by atoms with van der Waals surface area (Å²) in [6.07, 6.45) is 2.56. The fourth-order valence-electron chi connectivity index (χ4n) is 2.54. The molecule has 0 bridgehead atoms. The fourth-order valence-corrected chi connectivity index (χ4v) is 3.39. The van der Waals surface area contributed by atoms with Crippen LogP contribution in [0.25, 0.3) is 11.3 Å². The van der Waals surface area contributed by atoms with Crippen LogP contribution in [0.5, 0.6) is 5.75 Å². The smallest absolute Gasteiger partial charge is 0.138 e. The summed E-state index contributed by atoms with van der Waals surface area (Å²) in [5, 5.41) is 3.95. The largest absolute Gasteiger partial charge is 0.495 e. The molecule has 1 aliphatic rings. The first-order valence-corrected chi connectivity index (χ1v) is 9.81. The van der Waals surface area contributed by atoms with E-state index < -0.39 is 0 Å². The van der Waals surface area contributed by atoms with Crippen molar-refractivity contribution in [3.8, 4) is 5.75 Å². The first kappa shape index (κ1) is 19.8. The minimum atomic E-state index is 0.323. The van der Waals surface area contributed by atoms with Gasteiger partial charge in [-0.1, -0.05) is 85.0 Å². The molecule has 1 atom stereocenters. The van der Waals surface area contributed by atoms with Crippen LogP contribution in [0.1, 0.15) is 31.5 Å². The SMILES string of the molecule is C=C1NC(c2ncc(OC)cc2Cl)=C(c2ccccc2)CC1I.CC. The second-order valence-electron chi connectivity index (χ2n) is 5.25. The lowest BCUT2D eigenvalue weighted by Gasteiger charge is -2.28. The molecule has 3 nitrogen and oxygen atoms in total. The molecule has 1 aliphatic heterocycles. The van der Waals surface area contributed by atoms with E-state index in [0.717, 1.165) is 29.1 Å². The third kappa shape index (κ3) is 4.55. The third-order valence-electron chi connectivity index (χ3n) is 3.76. The van der Waals surface area contributed by atoms with Crippen molar-refractivity contribution < 1.29 is 4.74 Å². The Morgan fingerprint density at radius 1 is 1.28 bits per heavy atom. The number of ether oxygens (including phenoxy) is 1. The number of hydrogen-bond donors (Lipinski definition) is 1. The molecule has 1 aromatic heterocycles. The maximum atomic E-state index is 6.43. The molecule has 2 heterocycles. The second-order valence-corrected chi connectivity index (χ2v) is 7.16. The average molecular weight is 469 g/mol. The van der Waals surface area contributed by atoms with Crippen LogP contribution in [0.15, 0.2) is 54.9 Å². The molecule has 0 saturated heterocycles. The van der Waals surface area contributed by atoms with E-state index >= 15 is 0 Å². The summed E-state index contributed by atoms with van der Waals surface area (Å²) in [6, 6.07) is 12.1. The summed E-state index contributed by atoms with van der Waals surface area (Å²) in [5.41, 5.74) is 4.96. The highest BCUT2D eigenvalue weighted by Gasteiger charge is 2.25. The van der Waals surface area contributed by atoms with Gasteiger partial charge >= 0.3 is 0 Å². The van der Waals surface area contributed by atoms with E-state index in [9.17, 15) is 0 Å². The lowest BCUT2D eigenvalue weighted by molar-refractivity contribution is 0.413. The molecule has 5 heteroatoms. The Morgan fingerprint density at radius 2 is 1.96 bits per heavy atom. The van der Waals surface area contributed by atoms with Gasteiger partial charge in [0, 0.05) is 11.8 Å². The van der Waals surface area contributed by atoms with Gasteiger partial charge in [0.2, 0.25) is 0 Å². The Hall–Kier alpha value is -1.53. The second kappa shape index (κ2) is 9.25. The Kier molecular flexibility index (Phi) is 7.32. The highest BCUT2D eigenvalue weighted by molar-refractivity contribution is 14.1. The van der Waals surface area contributed by atoms with Gasteiger partial charge in [0.1, 0.15) is 11.4 Å². The first-order valence-electron chi connectivity index (χ1n) is 8.18. The van der Waals surface area contributed by atoms with E-state index in [1.165, 1.54) is 5.57 Å². The number of benzene rings is 1. The number of aromatic nitrogens is 1. The molecule has 1 N–H and O–H groups in total. The molecule has 0 spiro atoms. The highest BCUT2D eigenvalue weighted by Crippen LogP contribution is 2.38. The number of hydrogen-bond acceptors (Lipinski definition) is 3. The molecule has 1 aromatic carbocycles. The molecule has 0 fully saturated rings. The topological polar surface area (TPSA) is 34.2 Å². The van der Waals surface area contributed by atoms with Gasteiger partial charge in [-0.15, -0.1) is 0 Å². The van der Waals surface area contributed by atoms with Crippen LogP contribution in [0.3, 0.4) is 0 Å². The zero-order valence-corrected chi connectivity index (χ0v) is 17.6. The summed E-state index contributed by atoms with van der Waals surface area (Å²) in [6.45, 7) is 8.11. The Morgan fingerprint density at radius 3 is 2.56 bits per heavy atom. The summed E-state index contributed by atoms with van der Waals surface area (Å²) in [5.74, 6) is 0.641. The highest BCUT2D eigenvalue weighted by atomic mass is 127. The van der Waals surface area contributed by atoms with Gasteiger partial charge in [0.15, 0.2) is 0 Å². The van der Waals surface area contributed by atoms with Crippen molar-refractivity contribution in [2.24, 2.45) is 0 Å². The molecule has 0 amide bonds. The molecule has 2 aromatic rings. The monoisotopic (exact) mass is 468 g/mol. The fraction of sp³-hybridized carbons (Fsp3) is 0.250. The van der Waals surface area contributed by atoms with E-state index in [2.05, 4.69) is 51.6 Å². The Bertz CT molecular complexity index is 775. The predicted octanol–water partition coefficient (Wildman–Crippen LogP) is 5.95. The number of pyridine rings is 1. The van der Waals surface area contributed by atoms with E-state index in [0.29, 0.717) is 14.7 Å². The molecular weight excluding hydrogens is 447 g/mol. The molecule has 0 saturated carbocycles. The van der Waals surface area contributed by atoms with E-state index in [1.807, 2.05) is 32.0 Å². The van der Waals surface area contributed by atoms with E-state index in [-0.39, 0.29) is 0 Å². The zero-order chi connectivity index (χ0) is 18.4. The van der Waals surface area contributed by atoms with Crippen molar-refractivity contribution in [1.82, 2.24) is 10.3 Å². The van der Waals surface area contributed by atoms with Crippen LogP contribution in [-0.2, 0) is 0 Å². The van der Waals surface area contributed by atoms with Crippen LogP contribution in [-0.4, -0.2) is 16.0 Å². The summed E-state index contributed by atoms with van der Waals surface area (Å²) in [4.78, 5) is 4.49. The number of nitrogens with zero attached hydrogens (tertiary/aromatic N) is 1. The van der Waals surface area contributed by atoms with Crippen LogP contribution in [0.2, 0.25) is 5.02 Å². The van der Waals surface area contributed by atoms with Crippen molar-refractivity contribution in [1.29, 1.82) is 0 Å². The standard InChI is InChI=1S/C18H16ClIN2O.C2H6/c1-11-16(20)9-14(12-6-4-3-5-7-12)17(22-11)18-15(19)8-13(23-2)10-21-18;1-2/h3-8,10,16,22H,1,9H2,2H3;1-2H3. The molecule has 0 radical (unpaired) electrons. The molecule has 3 rings (SSSR count). The first-order chi connectivity index (χ1) is 12.1. The number of methoxy groups -OCH3 is 1. The number of nitrogens with one attached hydrogen (secondary N) is 1. The van der Waals surface area contributed by atoms with Crippen molar-refractivity contribution in [2.45, 2.75) is 24.2 Å². The normalized spacial score (nSPS) is 16.7. The van der Waals surface area contributed by atoms with Crippen molar-refractivity contribution in [3.05, 3.63) is 71.2 Å². The maximum absolute atomic E-state index is 6.43. The van der Waals surface area contributed by atoms with Crippen LogP contribution >= 0.6 is 34.2 Å². The van der Waals surface area contributed by atoms with Crippen LogP contribution < -0.4 is 10.1 Å². The zero-order valence-electron chi connectivity index (χ0n) is 14.6. The van der Waals surface area contributed by atoms with Gasteiger partial charge in [0.25, 0.3) is 0 Å². The predicted molar refractivity (Wildman–Crippen MR) is 115 cm³/mol. The van der Waals surface area contributed by atoms with Gasteiger partial charge in [-0.3, -0.25) is 0 Å². The van der Waals surface area contributed by atoms with Gasteiger partial charge in [0.05, 0.1) is 28.0 Å². The lowest BCUT2D eigenvalue weighted by atomic mass is 9.93. The number of halogens is 2. The number of alkyl halides is 1. The van der Waals surface area contributed by atoms with E-state index in [1.54, 1.807) is 19.4 Å². The van der Waals surface area contributed by atoms with Crippen LogP contribution in [0.4, 0.5) is 0 Å². The summed E-state index contributed by atoms with van der Waals surface area (Å²) < 4.78 is 5.51. The molecular formula is C20H22ClIN2O. The summed E-state index contributed by atoms with van der Waals surface area (Å²) >= 11 is 8.83. The Labute approximate surface area is 168 Å². The van der Waals surface area contributed by atoms with Crippen LogP contribution in [0, 0.1) is 0 Å². The van der Waals surface area contributed by atoms with Gasteiger partial charge in [-0.05, 0) is 17.6 Å². The summed E-state index contributed by atoms with van der Waals surface area (Å²) in [7, 11) is 1.60. The minimum Gasteiger partial charge on any atom is -0.495 e. The van der Waals surface area contributed by atoms with Crippen molar-refractivity contribution in [3.63, 3.8) is 0 Å². The molecule has 25 heavy (non-hydrogen) atoms. The number of rotatable bonds is 3. The van der Waals surface area contributed by atoms with Gasteiger partial charge in [-0.2, -0.15) is 0 Å². The van der Waals surface area contributed by atoms with Crippen molar-refractivity contribution >= 4 is 45.5 Å². The van der Waals surface area contributed by atoms with Gasteiger partial charge < -0.3 is 10.1 Å². The molecule has 1 unspecified atom stereocenters. The minimum absolute atomic E-state index is 0.323. The molecule has 132 valence electrons. The van der Waals surface area contributed by atoms with Gasteiger partial charge in [-0.25, -0.2) is 4.98 Å². The third-order valence-corrected chi connectivity index (χ3v) is 5.24. The molecule has 0 aliphatic carbocycles. The lowest BCUT2D eigenvalue weighted by Crippen LogP contribution is -2.26. The van der Waals surface area contributed by atoms with E-state index in [4.69, 9.17) is 16.3 Å². The Balaban J connectivity index is 0.00000109. The quantitative estimate of drug-likeness (QED) is 0.446. The average Bonchev–Trinajstić information content (AvgIpc) is 2.66. The maximum Gasteiger partial charge on any atom is 0.138 e. The number of allylic oxidation sites excluding steroid dienone is 2. The van der Waals surface area contributed by atoms with Crippen molar-refractivity contribution in [2.75, 3.05) is 7.11 Å².